The van der Waals surface area contributed by atoms with E-state index in [0.717, 1.165) is 38.2 Å². The highest BCUT2D eigenvalue weighted by Crippen LogP contribution is 2.30. The van der Waals surface area contributed by atoms with E-state index in [-0.39, 0.29) is 11.3 Å². The molecule has 0 aliphatic heterocycles. The third-order valence-corrected chi connectivity index (χ3v) is 9.59. The molecule has 0 saturated carbocycles. The van der Waals surface area contributed by atoms with Crippen LogP contribution in [0.5, 0.6) is 11.5 Å². The van der Waals surface area contributed by atoms with E-state index in [9.17, 15) is 23.1 Å². The van der Waals surface area contributed by atoms with Crippen LogP contribution in [0.3, 0.4) is 0 Å². The van der Waals surface area contributed by atoms with E-state index in [1.807, 2.05) is 6.07 Å². The van der Waals surface area contributed by atoms with Crippen LogP contribution in [-0.4, -0.2) is 52.0 Å². The van der Waals surface area contributed by atoms with Crippen LogP contribution in [0.25, 0.3) is 0 Å². The monoisotopic (exact) mass is 708 g/mol. The minimum Gasteiger partial charge on any atom is -0.493 e. The number of sulfonamides is 1. The molecule has 272 valence electrons. The van der Waals surface area contributed by atoms with Gasteiger partial charge in [-0.15, -0.1) is 0 Å². The predicted molar refractivity (Wildman–Crippen MR) is 196 cm³/mol. The lowest BCUT2D eigenvalue weighted by Gasteiger charge is -2.14. The Hall–Kier alpha value is -4.38. The Labute approximate surface area is 297 Å². The van der Waals surface area contributed by atoms with Crippen LogP contribution in [0.4, 0.5) is 0 Å². The lowest BCUT2D eigenvalue weighted by molar-refractivity contribution is 0.0600. The summed E-state index contributed by atoms with van der Waals surface area (Å²) in [5.41, 5.74) is 0.829. The van der Waals surface area contributed by atoms with Gasteiger partial charge >= 0.3 is 11.9 Å². The highest BCUT2D eigenvalue weighted by molar-refractivity contribution is 7.89. The number of carboxylic acids is 1. The van der Waals surface area contributed by atoms with Crippen LogP contribution in [0.15, 0.2) is 76.7 Å². The molecule has 0 spiro atoms. The largest absolute Gasteiger partial charge is 0.493 e. The standard InChI is InChI=1S/C39H52N2O8S/c1-4-5-6-7-8-9-10-11-12-13-14-15-16-20-25-49-35-24-23-31(29-36(35)47-2)37(30-21-18-17-19-22-30)40-41-50(45,46)34-27-32(38(42)43)26-33(28-34)39(44)48-3/h17-19,21-24,26-29,41H,4-16,20,25H2,1-3H3,(H,42,43)/b40-37-. The fourth-order valence-corrected chi connectivity index (χ4v) is 6.46. The summed E-state index contributed by atoms with van der Waals surface area (Å²) in [6.45, 7) is 2.81. The summed E-state index contributed by atoms with van der Waals surface area (Å²) in [6, 6.07) is 17.3. The summed E-state index contributed by atoms with van der Waals surface area (Å²) < 4.78 is 43.0. The average molecular weight is 709 g/mol. The molecule has 0 unspecified atom stereocenters. The van der Waals surface area contributed by atoms with Gasteiger partial charge in [-0.2, -0.15) is 18.4 Å². The van der Waals surface area contributed by atoms with Gasteiger partial charge in [0, 0.05) is 11.1 Å². The third kappa shape index (κ3) is 13.2. The number of rotatable bonds is 24. The van der Waals surface area contributed by atoms with Crippen molar-refractivity contribution in [2.24, 2.45) is 5.10 Å². The number of nitrogens with one attached hydrogen (secondary N) is 1. The molecular formula is C39H52N2O8S. The van der Waals surface area contributed by atoms with Gasteiger partial charge < -0.3 is 19.3 Å². The summed E-state index contributed by atoms with van der Waals surface area (Å²) in [5.74, 6) is -1.24. The lowest BCUT2D eigenvalue weighted by atomic mass is 10.0. The van der Waals surface area contributed by atoms with Crippen molar-refractivity contribution in [3.63, 3.8) is 0 Å². The van der Waals surface area contributed by atoms with Gasteiger partial charge in [0.1, 0.15) is 0 Å². The second kappa shape index (κ2) is 21.7. The zero-order valence-corrected chi connectivity index (χ0v) is 30.4. The van der Waals surface area contributed by atoms with Crippen LogP contribution in [0.2, 0.25) is 0 Å². The number of benzene rings is 3. The number of hydrogen-bond donors (Lipinski definition) is 2. The first-order valence-electron chi connectivity index (χ1n) is 17.6. The number of esters is 1. The van der Waals surface area contributed by atoms with Crippen LogP contribution >= 0.6 is 0 Å². The fourth-order valence-electron chi connectivity index (χ4n) is 5.58. The van der Waals surface area contributed by atoms with Gasteiger partial charge in [0.2, 0.25) is 0 Å². The van der Waals surface area contributed by atoms with Crippen molar-refractivity contribution in [1.82, 2.24) is 4.83 Å². The molecule has 11 heteroatoms. The van der Waals surface area contributed by atoms with Crippen molar-refractivity contribution in [2.75, 3.05) is 20.8 Å². The van der Waals surface area contributed by atoms with E-state index < -0.39 is 32.4 Å². The quantitative estimate of drug-likeness (QED) is 0.0407. The molecule has 0 aromatic heterocycles. The Balaban J connectivity index is 1.61. The minimum absolute atomic E-state index is 0.227. The number of hydrogen-bond acceptors (Lipinski definition) is 8. The summed E-state index contributed by atoms with van der Waals surface area (Å²) in [6.07, 6.45) is 18.0. The number of carbonyl (C=O) groups is 2. The number of nitrogens with zero attached hydrogens (tertiary/aromatic N) is 1. The van der Waals surface area contributed by atoms with Gasteiger partial charge in [0.15, 0.2) is 11.5 Å². The van der Waals surface area contributed by atoms with E-state index in [4.69, 9.17) is 9.47 Å². The van der Waals surface area contributed by atoms with Crippen molar-refractivity contribution < 1.29 is 37.3 Å². The second-order valence-electron chi connectivity index (χ2n) is 12.3. The molecule has 0 fully saturated rings. The molecule has 2 N–H and O–H groups in total. The molecule has 0 bridgehead atoms. The first-order valence-corrected chi connectivity index (χ1v) is 19.1. The number of carboxylic acid groups (broad SMARTS) is 1. The second-order valence-corrected chi connectivity index (χ2v) is 13.9. The number of unbranched alkanes of at least 4 members (excludes halogenated alkanes) is 13. The molecule has 3 aromatic rings. The third-order valence-electron chi connectivity index (χ3n) is 8.40. The lowest BCUT2D eigenvalue weighted by Crippen LogP contribution is -2.22. The molecule has 0 amide bonds. The number of ether oxygens (including phenoxy) is 3. The molecule has 3 aromatic carbocycles. The smallest absolute Gasteiger partial charge is 0.337 e. The maximum absolute atomic E-state index is 13.3. The molecule has 10 nitrogen and oxygen atoms in total. The zero-order valence-electron chi connectivity index (χ0n) is 29.6. The van der Waals surface area contributed by atoms with E-state index in [1.54, 1.807) is 42.5 Å². The van der Waals surface area contributed by atoms with Gasteiger partial charge in [-0.05, 0) is 42.8 Å². The Morgan fingerprint density at radius 2 is 1.26 bits per heavy atom. The molecule has 0 radical (unpaired) electrons. The van der Waals surface area contributed by atoms with Gasteiger partial charge in [-0.3, -0.25) is 0 Å². The Kier molecular flexibility index (Phi) is 17.3. The van der Waals surface area contributed by atoms with E-state index >= 15 is 0 Å². The first kappa shape index (κ1) is 40.1. The summed E-state index contributed by atoms with van der Waals surface area (Å²) in [7, 11) is -1.76. The Morgan fingerprint density at radius 3 is 1.82 bits per heavy atom. The molecule has 0 atom stereocenters. The first-order chi connectivity index (χ1) is 24.2. The molecular weight excluding hydrogens is 657 g/mol. The van der Waals surface area contributed by atoms with E-state index in [0.29, 0.717) is 29.2 Å². The van der Waals surface area contributed by atoms with E-state index in [1.165, 1.54) is 84.2 Å². The van der Waals surface area contributed by atoms with Gasteiger partial charge in [-0.1, -0.05) is 121 Å². The predicted octanol–water partition coefficient (Wildman–Crippen LogP) is 8.77. The maximum atomic E-state index is 13.3. The minimum atomic E-state index is -4.41. The van der Waals surface area contributed by atoms with E-state index in [2.05, 4.69) is 21.6 Å². The molecule has 0 heterocycles. The Morgan fingerprint density at radius 1 is 0.680 bits per heavy atom. The van der Waals surface area contributed by atoms with Crippen LogP contribution in [-0.2, 0) is 14.8 Å². The average Bonchev–Trinajstić information content (AvgIpc) is 3.13. The number of hydrazone groups is 1. The van der Waals surface area contributed by atoms with Gasteiger partial charge in [0.05, 0.1) is 42.6 Å². The normalized spacial score (nSPS) is 11.6. The summed E-state index contributed by atoms with van der Waals surface area (Å²) in [4.78, 5) is 25.5. The molecule has 3 rings (SSSR count). The SMILES string of the molecule is CCCCCCCCCCCCCCCCOc1ccc(/C(=N\NS(=O)(=O)c2cc(C(=O)O)cc(C(=O)OC)c2)c2ccccc2)cc1OC. The highest BCUT2D eigenvalue weighted by Gasteiger charge is 2.21. The van der Waals surface area contributed by atoms with Gasteiger partial charge in [-0.25, -0.2) is 9.59 Å². The van der Waals surface area contributed by atoms with Crippen molar-refractivity contribution in [2.45, 2.75) is 102 Å². The van der Waals surface area contributed by atoms with Gasteiger partial charge in [0.25, 0.3) is 10.0 Å². The molecule has 50 heavy (non-hydrogen) atoms. The zero-order chi connectivity index (χ0) is 36.2. The van der Waals surface area contributed by atoms with Crippen LogP contribution in [0.1, 0.15) is 129 Å². The number of aromatic carboxylic acids is 1. The highest BCUT2D eigenvalue weighted by atomic mass is 32.2. The topological polar surface area (TPSA) is 141 Å². The van der Waals surface area contributed by atoms with Crippen LogP contribution < -0.4 is 14.3 Å². The summed E-state index contributed by atoms with van der Waals surface area (Å²) in [5, 5.41) is 13.7. The van der Waals surface area contributed by atoms with Crippen LogP contribution in [0, 0.1) is 0 Å². The van der Waals surface area contributed by atoms with Crippen molar-refractivity contribution >= 4 is 27.7 Å². The summed E-state index contributed by atoms with van der Waals surface area (Å²) >= 11 is 0. The Bertz CT molecular complexity index is 1640. The number of methoxy groups -OCH3 is 2. The molecule has 0 aliphatic carbocycles. The van der Waals surface area contributed by atoms with Crippen molar-refractivity contribution in [3.05, 3.63) is 89.0 Å². The fraction of sp³-hybridized carbons (Fsp3) is 0.462. The molecule has 0 aliphatic rings. The molecule has 0 saturated heterocycles. The van der Waals surface area contributed by atoms with Crippen molar-refractivity contribution in [1.29, 1.82) is 0 Å². The van der Waals surface area contributed by atoms with Crippen molar-refractivity contribution in [3.8, 4) is 11.5 Å². The number of carbonyl (C=O) groups excluding carboxylic acids is 1. The maximum Gasteiger partial charge on any atom is 0.337 e.